The van der Waals surface area contributed by atoms with Crippen LogP contribution < -0.4 is 0 Å². The molecule has 4 rings (SSSR count). The van der Waals surface area contributed by atoms with E-state index in [4.69, 9.17) is 9.47 Å². The summed E-state index contributed by atoms with van der Waals surface area (Å²) in [4.78, 5) is 50.3. The van der Waals surface area contributed by atoms with Gasteiger partial charge in [0.05, 0.1) is 12.0 Å². The first-order chi connectivity index (χ1) is 16.6. The normalized spacial score (nSPS) is 43.2. The van der Waals surface area contributed by atoms with Crippen LogP contribution in [-0.2, 0) is 28.7 Å². The smallest absolute Gasteiger partial charge is 0.309 e. The molecule has 198 valence electrons. The van der Waals surface area contributed by atoms with Crippen molar-refractivity contribution in [2.45, 2.75) is 84.6 Å². The second-order valence-corrected chi connectivity index (χ2v) is 11.9. The first kappa shape index (κ1) is 26.7. The largest absolute Gasteiger partial charge is 0.458 e. The van der Waals surface area contributed by atoms with Crippen LogP contribution in [0, 0.1) is 34.5 Å². The van der Waals surface area contributed by atoms with Gasteiger partial charge in [-0.05, 0) is 50.7 Å². The fraction of sp³-hybridized carbons (Fsp3) is 0.714. The third-order valence-electron chi connectivity index (χ3n) is 9.73. The molecule has 8 heteroatoms. The molecule has 3 fully saturated rings. The number of alkyl halides is 1. The Hall–Kier alpha value is -2.35. The number of hydrogen-bond acceptors (Lipinski definition) is 7. The van der Waals surface area contributed by atoms with Gasteiger partial charge in [0, 0.05) is 29.6 Å². The lowest BCUT2D eigenvalue weighted by atomic mass is 9.44. The summed E-state index contributed by atoms with van der Waals surface area (Å²) in [6.45, 7) is 9.31. The van der Waals surface area contributed by atoms with Crippen molar-refractivity contribution < 1.29 is 38.1 Å². The number of aliphatic hydroxyl groups excluding tert-OH is 1. The molecule has 0 aromatic rings. The van der Waals surface area contributed by atoms with Gasteiger partial charge in [-0.3, -0.25) is 19.2 Å². The molecule has 36 heavy (non-hydrogen) atoms. The number of carbonyl (C=O) groups is 4. The zero-order valence-electron chi connectivity index (χ0n) is 21.9. The summed E-state index contributed by atoms with van der Waals surface area (Å²) in [7, 11) is 0. The predicted molar refractivity (Wildman–Crippen MR) is 128 cm³/mol. The maximum Gasteiger partial charge on any atom is 0.309 e. The van der Waals surface area contributed by atoms with Crippen molar-refractivity contribution in [3.05, 3.63) is 23.8 Å². The number of Topliss-reactive ketones (excluding diaryl/α,β-unsaturated/α-hetero) is 1. The van der Waals surface area contributed by atoms with Crippen LogP contribution in [0.1, 0.15) is 67.2 Å². The molecule has 0 spiro atoms. The third-order valence-corrected chi connectivity index (χ3v) is 9.73. The van der Waals surface area contributed by atoms with E-state index in [1.807, 2.05) is 6.92 Å². The molecule has 8 unspecified atom stereocenters. The molecule has 3 saturated carbocycles. The van der Waals surface area contributed by atoms with E-state index in [0.29, 0.717) is 24.8 Å². The Labute approximate surface area is 211 Å². The summed E-state index contributed by atoms with van der Waals surface area (Å²) in [6, 6.07) is 0. The van der Waals surface area contributed by atoms with E-state index in [2.05, 4.69) is 0 Å². The van der Waals surface area contributed by atoms with Crippen LogP contribution in [0.2, 0.25) is 0 Å². The average Bonchev–Trinajstić information content (AvgIpc) is 3.00. The number of fused-ring (bicyclic) bond motifs is 5. The zero-order valence-corrected chi connectivity index (χ0v) is 21.9. The van der Waals surface area contributed by atoms with Crippen molar-refractivity contribution in [3.63, 3.8) is 0 Å². The lowest BCUT2D eigenvalue weighted by molar-refractivity contribution is -0.229. The highest BCUT2D eigenvalue weighted by atomic mass is 19.1. The standard InChI is InChI=1S/C28H37FO7/c1-15(2)24(34)36-28(23(33)14-35-17(4)30)16(3)11-21-20-8-7-18-12-19(31)9-10-25(18,5)27(20,29)22(32)13-26(21,28)6/h9-10,12,15-16,20-22,32H,7-8,11,13-14H2,1-6H3. The van der Waals surface area contributed by atoms with Crippen molar-refractivity contribution in [1.82, 2.24) is 0 Å². The van der Waals surface area contributed by atoms with Crippen LogP contribution in [0.15, 0.2) is 23.8 Å². The molecule has 0 aromatic carbocycles. The van der Waals surface area contributed by atoms with Crippen LogP contribution >= 0.6 is 0 Å². The summed E-state index contributed by atoms with van der Waals surface area (Å²) >= 11 is 0. The highest BCUT2D eigenvalue weighted by Crippen LogP contribution is 2.71. The number of esters is 2. The Morgan fingerprint density at radius 3 is 2.50 bits per heavy atom. The maximum absolute atomic E-state index is 17.4. The van der Waals surface area contributed by atoms with E-state index in [-0.39, 0.29) is 18.1 Å². The Balaban J connectivity index is 1.83. The number of halogens is 1. The molecule has 0 bridgehead atoms. The van der Waals surface area contributed by atoms with Crippen molar-refractivity contribution >= 4 is 23.5 Å². The van der Waals surface area contributed by atoms with Crippen LogP contribution in [0.4, 0.5) is 4.39 Å². The molecule has 8 atom stereocenters. The van der Waals surface area contributed by atoms with Gasteiger partial charge >= 0.3 is 11.9 Å². The topological polar surface area (TPSA) is 107 Å². The number of rotatable bonds is 5. The van der Waals surface area contributed by atoms with E-state index in [1.54, 1.807) is 33.8 Å². The van der Waals surface area contributed by atoms with Crippen molar-refractivity contribution in [2.75, 3.05) is 6.61 Å². The molecule has 0 heterocycles. The molecule has 0 aromatic heterocycles. The van der Waals surface area contributed by atoms with Gasteiger partial charge in [0.25, 0.3) is 0 Å². The van der Waals surface area contributed by atoms with Crippen molar-refractivity contribution in [2.24, 2.45) is 34.5 Å². The summed E-state index contributed by atoms with van der Waals surface area (Å²) in [5, 5.41) is 11.5. The molecule has 0 aliphatic heterocycles. The first-order valence-electron chi connectivity index (χ1n) is 12.9. The summed E-state index contributed by atoms with van der Waals surface area (Å²) in [5.41, 5.74) is -5.30. The van der Waals surface area contributed by atoms with E-state index < -0.39 is 70.3 Å². The second kappa shape index (κ2) is 8.61. The van der Waals surface area contributed by atoms with Gasteiger partial charge in [-0.1, -0.05) is 39.3 Å². The van der Waals surface area contributed by atoms with Crippen LogP contribution in [0.25, 0.3) is 0 Å². The van der Waals surface area contributed by atoms with Crippen LogP contribution in [0.3, 0.4) is 0 Å². The monoisotopic (exact) mass is 504 g/mol. The second-order valence-electron chi connectivity index (χ2n) is 11.9. The van der Waals surface area contributed by atoms with Crippen molar-refractivity contribution in [3.8, 4) is 0 Å². The summed E-state index contributed by atoms with van der Waals surface area (Å²) in [5.74, 6) is -3.95. The van der Waals surface area contributed by atoms with Gasteiger partial charge < -0.3 is 14.6 Å². The highest BCUT2D eigenvalue weighted by Gasteiger charge is 2.77. The quantitative estimate of drug-likeness (QED) is 0.569. The minimum atomic E-state index is -2.06. The molecule has 4 aliphatic rings. The number of ketones is 2. The maximum atomic E-state index is 17.4. The van der Waals surface area contributed by atoms with Gasteiger partial charge in [0.1, 0.15) is 0 Å². The lowest BCUT2D eigenvalue weighted by Gasteiger charge is -2.62. The van der Waals surface area contributed by atoms with Gasteiger partial charge in [-0.25, -0.2) is 4.39 Å². The Kier molecular flexibility index (Phi) is 6.38. The number of hydrogen-bond donors (Lipinski definition) is 1. The van der Waals surface area contributed by atoms with Gasteiger partial charge in [-0.15, -0.1) is 0 Å². The molecule has 7 nitrogen and oxygen atoms in total. The molecule has 1 N–H and O–H groups in total. The average molecular weight is 505 g/mol. The zero-order chi connectivity index (χ0) is 26.8. The predicted octanol–water partition coefficient (Wildman–Crippen LogP) is 3.67. The molecular formula is C28H37FO7. The fourth-order valence-corrected chi connectivity index (χ4v) is 7.95. The Morgan fingerprint density at radius 2 is 1.89 bits per heavy atom. The molecule has 0 saturated heterocycles. The Morgan fingerprint density at radius 1 is 1.22 bits per heavy atom. The fourth-order valence-electron chi connectivity index (χ4n) is 7.95. The van der Waals surface area contributed by atoms with Gasteiger partial charge in [-0.2, -0.15) is 0 Å². The first-order valence-corrected chi connectivity index (χ1v) is 12.9. The van der Waals surface area contributed by atoms with E-state index in [9.17, 15) is 24.3 Å². The number of ether oxygens (including phenoxy) is 2. The lowest BCUT2D eigenvalue weighted by Crippen LogP contribution is -2.70. The number of carbonyl (C=O) groups excluding carboxylic acids is 4. The summed E-state index contributed by atoms with van der Waals surface area (Å²) in [6.07, 6.45) is 4.14. The SMILES string of the molecule is CC(=O)OCC(=O)C1(OC(=O)C(C)C)C(C)CC2C3CCC4=CC(=O)C=CC4(C)C3(F)C(O)CC21C. The van der Waals surface area contributed by atoms with Gasteiger partial charge in [0.15, 0.2) is 23.7 Å². The van der Waals surface area contributed by atoms with E-state index in [1.165, 1.54) is 19.1 Å². The highest BCUT2D eigenvalue weighted by molar-refractivity contribution is 6.01. The molecule has 4 aliphatic carbocycles. The molecule has 0 radical (unpaired) electrons. The van der Waals surface area contributed by atoms with Crippen LogP contribution in [0.5, 0.6) is 0 Å². The van der Waals surface area contributed by atoms with Crippen LogP contribution in [-0.4, -0.2) is 52.6 Å². The molecule has 0 amide bonds. The number of allylic oxidation sites excluding steroid dienone is 4. The van der Waals surface area contributed by atoms with Crippen molar-refractivity contribution in [1.29, 1.82) is 0 Å². The number of aliphatic hydroxyl groups is 1. The van der Waals surface area contributed by atoms with E-state index in [0.717, 1.165) is 0 Å². The Bertz CT molecular complexity index is 1060. The minimum Gasteiger partial charge on any atom is -0.458 e. The van der Waals surface area contributed by atoms with E-state index >= 15 is 4.39 Å². The summed E-state index contributed by atoms with van der Waals surface area (Å²) < 4.78 is 28.5. The third kappa shape index (κ3) is 3.39. The minimum absolute atomic E-state index is 0.114. The van der Waals surface area contributed by atoms with Gasteiger partial charge in [0.2, 0.25) is 5.78 Å². The molecular weight excluding hydrogens is 467 g/mol.